The van der Waals surface area contributed by atoms with Gasteiger partial charge >= 0.3 is 5.97 Å². The summed E-state index contributed by atoms with van der Waals surface area (Å²) in [7, 11) is 0. The molecule has 0 radical (unpaired) electrons. The van der Waals surface area contributed by atoms with Crippen LogP contribution in [0.4, 0.5) is 10.8 Å². The standard InChI is InChI=1S/C21H23N5O3S2/c1-2-29-20(28)14-6-8-15(9-7-14)24-16(27)12-30-19-17-18(22-13-23-19)25-21(31-17)26-10-4-3-5-11-26/h6-9,13H,2-5,10-12H2,1H3,(H,24,27). The second-order valence-corrected chi connectivity index (χ2v) is 8.95. The molecule has 0 spiro atoms. The molecule has 1 amide bonds. The van der Waals surface area contributed by atoms with Gasteiger partial charge in [0.15, 0.2) is 10.8 Å². The molecule has 0 atom stereocenters. The predicted octanol–water partition coefficient (Wildman–Crippen LogP) is 3.98. The lowest BCUT2D eigenvalue weighted by atomic mass is 10.1. The van der Waals surface area contributed by atoms with Crippen LogP contribution in [-0.2, 0) is 9.53 Å². The highest BCUT2D eigenvalue weighted by Gasteiger charge is 2.18. The van der Waals surface area contributed by atoms with Crippen molar-refractivity contribution in [1.82, 2.24) is 15.0 Å². The van der Waals surface area contributed by atoms with Crippen LogP contribution in [0.2, 0.25) is 0 Å². The molecule has 1 fully saturated rings. The molecule has 0 unspecified atom stereocenters. The van der Waals surface area contributed by atoms with E-state index >= 15 is 0 Å². The number of nitrogens with zero attached hydrogens (tertiary/aromatic N) is 4. The third-order valence-corrected chi connectivity index (χ3v) is 7.02. The first-order chi connectivity index (χ1) is 15.1. The second-order valence-electron chi connectivity index (χ2n) is 7.01. The van der Waals surface area contributed by atoms with Gasteiger partial charge in [-0.3, -0.25) is 4.79 Å². The van der Waals surface area contributed by atoms with Crippen molar-refractivity contribution in [3.8, 4) is 0 Å². The third-order valence-electron chi connectivity index (χ3n) is 4.79. The van der Waals surface area contributed by atoms with Crippen molar-refractivity contribution in [2.24, 2.45) is 0 Å². The second kappa shape index (κ2) is 10.1. The van der Waals surface area contributed by atoms with Gasteiger partial charge in [-0.1, -0.05) is 23.1 Å². The normalized spacial score (nSPS) is 13.9. The maximum Gasteiger partial charge on any atom is 0.338 e. The summed E-state index contributed by atoms with van der Waals surface area (Å²) in [6, 6.07) is 6.64. The van der Waals surface area contributed by atoms with E-state index in [1.54, 1.807) is 42.5 Å². The number of ether oxygens (including phenoxy) is 1. The fourth-order valence-corrected chi connectivity index (χ4v) is 5.22. The molecule has 0 aliphatic carbocycles. The van der Waals surface area contributed by atoms with Crippen molar-refractivity contribution in [2.75, 3.05) is 35.7 Å². The molecule has 4 rings (SSSR count). The number of benzene rings is 1. The minimum Gasteiger partial charge on any atom is -0.462 e. The van der Waals surface area contributed by atoms with Gasteiger partial charge in [-0.2, -0.15) is 4.98 Å². The van der Waals surface area contributed by atoms with Crippen molar-refractivity contribution < 1.29 is 14.3 Å². The van der Waals surface area contributed by atoms with Crippen LogP contribution >= 0.6 is 23.1 Å². The molecule has 1 N–H and O–H groups in total. The average Bonchev–Trinajstić information content (AvgIpc) is 3.24. The number of nitrogens with one attached hydrogen (secondary N) is 1. The first-order valence-electron chi connectivity index (χ1n) is 10.2. The number of amides is 1. The molecule has 2 aromatic heterocycles. The van der Waals surface area contributed by atoms with E-state index in [2.05, 4.69) is 25.2 Å². The van der Waals surface area contributed by atoms with E-state index in [4.69, 9.17) is 4.74 Å². The average molecular weight is 458 g/mol. The van der Waals surface area contributed by atoms with Crippen LogP contribution in [-0.4, -0.2) is 52.3 Å². The van der Waals surface area contributed by atoms with Crippen LogP contribution in [0.15, 0.2) is 35.6 Å². The van der Waals surface area contributed by atoms with E-state index in [-0.39, 0.29) is 17.6 Å². The number of esters is 1. The summed E-state index contributed by atoms with van der Waals surface area (Å²) in [5.41, 5.74) is 1.75. The molecule has 3 heterocycles. The summed E-state index contributed by atoms with van der Waals surface area (Å²) in [6.45, 7) is 4.13. The Morgan fingerprint density at radius 2 is 1.94 bits per heavy atom. The lowest BCUT2D eigenvalue weighted by molar-refractivity contribution is -0.113. The molecule has 10 heteroatoms. The number of hydrogen-bond acceptors (Lipinski definition) is 9. The van der Waals surface area contributed by atoms with E-state index in [1.807, 2.05) is 0 Å². The van der Waals surface area contributed by atoms with E-state index in [9.17, 15) is 9.59 Å². The Morgan fingerprint density at radius 1 is 1.16 bits per heavy atom. The highest BCUT2D eigenvalue weighted by atomic mass is 32.2. The van der Waals surface area contributed by atoms with Gasteiger partial charge in [0.25, 0.3) is 0 Å². The maximum absolute atomic E-state index is 12.4. The van der Waals surface area contributed by atoms with Gasteiger partial charge in [0.1, 0.15) is 16.1 Å². The van der Waals surface area contributed by atoms with Crippen LogP contribution in [0.5, 0.6) is 0 Å². The van der Waals surface area contributed by atoms with E-state index in [0.29, 0.717) is 23.5 Å². The molecular formula is C21H23N5O3S2. The zero-order valence-corrected chi connectivity index (χ0v) is 18.8. The predicted molar refractivity (Wildman–Crippen MR) is 123 cm³/mol. The Kier molecular flexibility index (Phi) is 6.98. The Bertz CT molecular complexity index is 1060. The number of piperidine rings is 1. The molecular weight excluding hydrogens is 434 g/mol. The van der Waals surface area contributed by atoms with Gasteiger partial charge in [0.05, 0.1) is 17.9 Å². The molecule has 1 aromatic carbocycles. The van der Waals surface area contributed by atoms with Gasteiger partial charge in [-0.05, 0) is 50.5 Å². The number of hydrogen-bond donors (Lipinski definition) is 1. The molecule has 1 aliphatic heterocycles. The number of carbonyl (C=O) groups is 2. The first kappa shape index (κ1) is 21.5. The topological polar surface area (TPSA) is 97.3 Å². The molecule has 1 saturated heterocycles. The monoisotopic (exact) mass is 457 g/mol. The van der Waals surface area contributed by atoms with Gasteiger partial charge in [0.2, 0.25) is 5.91 Å². The molecule has 3 aromatic rings. The number of fused-ring (bicyclic) bond motifs is 1. The molecule has 8 nitrogen and oxygen atoms in total. The van der Waals surface area contributed by atoms with Crippen LogP contribution in [0, 0.1) is 0 Å². The van der Waals surface area contributed by atoms with Crippen molar-refractivity contribution in [2.45, 2.75) is 31.2 Å². The SMILES string of the molecule is CCOC(=O)c1ccc(NC(=O)CSc2ncnc3nc(N4CCCCC4)sc23)cc1. The van der Waals surface area contributed by atoms with Gasteiger partial charge in [0, 0.05) is 18.8 Å². The summed E-state index contributed by atoms with van der Waals surface area (Å²) in [5, 5.41) is 4.58. The number of aromatic nitrogens is 3. The van der Waals surface area contributed by atoms with Crippen LogP contribution in [0.1, 0.15) is 36.5 Å². The Morgan fingerprint density at radius 3 is 2.68 bits per heavy atom. The Hall–Kier alpha value is -2.72. The lowest BCUT2D eigenvalue weighted by Gasteiger charge is -2.25. The highest BCUT2D eigenvalue weighted by molar-refractivity contribution is 8.00. The molecule has 0 saturated carbocycles. The minimum absolute atomic E-state index is 0.151. The number of carbonyl (C=O) groups excluding carboxylic acids is 2. The van der Waals surface area contributed by atoms with Gasteiger partial charge in [-0.25, -0.2) is 14.8 Å². The van der Waals surface area contributed by atoms with Crippen molar-refractivity contribution in [3.63, 3.8) is 0 Å². The van der Waals surface area contributed by atoms with Crippen LogP contribution in [0.3, 0.4) is 0 Å². The molecule has 31 heavy (non-hydrogen) atoms. The number of thiazole rings is 1. The minimum atomic E-state index is -0.378. The number of anilines is 2. The Labute approximate surface area is 188 Å². The van der Waals surface area contributed by atoms with Crippen molar-refractivity contribution in [1.29, 1.82) is 0 Å². The van der Waals surface area contributed by atoms with Crippen LogP contribution in [0.25, 0.3) is 10.3 Å². The van der Waals surface area contributed by atoms with Crippen molar-refractivity contribution in [3.05, 3.63) is 36.2 Å². The first-order valence-corrected chi connectivity index (χ1v) is 12.0. The van der Waals surface area contributed by atoms with Crippen molar-refractivity contribution >= 4 is 56.1 Å². The third kappa shape index (κ3) is 5.31. The zero-order valence-electron chi connectivity index (χ0n) is 17.2. The largest absolute Gasteiger partial charge is 0.462 e. The quantitative estimate of drug-likeness (QED) is 0.323. The van der Waals surface area contributed by atoms with E-state index in [1.165, 1.54) is 37.4 Å². The molecule has 0 bridgehead atoms. The summed E-state index contributed by atoms with van der Waals surface area (Å²) >= 11 is 2.95. The van der Waals surface area contributed by atoms with E-state index in [0.717, 1.165) is 27.9 Å². The fourth-order valence-electron chi connectivity index (χ4n) is 3.28. The Balaban J connectivity index is 1.37. The lowest BCUT2D eigenvalue weighted by Crippen LogP contribution is -2.29. The van der Waals surface area contributed by atoms with Crippen LogP contribution < -0.4 is 10.2 Å². The molecule has 162 valence electrons. The number of thioether (sulfide) groups is 1. The fraction of sp³-hybridized carbons (Fsp3) is 0.381. The van der Waals surface area contributed by atoms with E-state index < -0.39 is 0 Å². The molecule has 1 aliphatic rings. The maximum atomic E-state index is 12.4. The zero-order chi connectivity index (χ0) is 21.6. The summed E-state index contributed by atoms with van der Waals surface area (Å²) in [5.74, 6) is -0.318. The number of rotatable bonds is 7. The van der Waals surface area contributed by atoms with Gasteiger partial charge < -0.3 is 15.0 Å². The summed E-state index contributed by atoms with van der Waals surface area (Å²) in [4.78, 5) is 39.8. The summed E-state index contributed by atoms with van der Waals surface area (Å²) < 4.78 is 5.88. The smallest absolute Gasteiger partial charge is 0.338 e. The summed E-state index contributed by atoms with van der Waals surface area (Å²) in [6.07, 6.45) is 5.13. The van der Waals surface area contributed by atoms with Gasteiger partial charge in [-0.15, -0.1) is 0 Å². The highest BCUT2D eigenvalue weighted by Crippen LogP contribution is 2.34.